The van der Waals surface area contributed by atoms with Crippen molar-refractivity contribution in [1.82, 2.24) is 0 Å². The van der Waals surface area contributed by atoms with Crippen molar-refractivity contribution in [2.75, 3.05) is 6.61 Å². The first-order valence-electron chi connectivity index (χ1n) is 5.12. The van der Waals surface area contributed by atoms with Gasteiger partial charge in [0.25, 0.3) is 0 Å². The predicted octanol–water partition coefficient (Wildman–Crippen LogP) is 0.353. The Morgan fingerprint density at radius 3 is 2.65 bits per heavy atom. The first kappa shape index (κ1) is 13.2. The van der Waals surface area contributed by atoms with Gasteiger partial charge >= 0.3 is 17.9 Å². The molecule has 17 heavy (non-hydrogen) atoms. The van der Waals surface area contributed by atoms with E-state index < -0.39 is 30.6 Å². The highest BCUT2D eigenvalue weighted by Crippen LogP contribution is 2.17. The van der Waals surface area contributed by atoms with Gasteiger partial charge in [-0.05, 0) is 13.8 Å². The molecule has 1 fully saturated rings. The van der Waals surface area contributed by atoms with Gasteiger partial charge in [0.2, 0.25) is 6.10 Å². The largest absolute Gasteiger partial charge is 0.460 e. The quantitative estimate of drug-likeness (QED) is 0.402. The molecule has 0 aromatic rings. The van der Waals surface area contributed by atoms with Crippen molar-refractivity contribution < 1.29 is 28.6 Å². The average molecular weight is 242 g/mol. The third-order valence-electron chi connectivity index (χ3n) is 2.07. The first-order chi connectivity index (χ1) is 7.90. The second-order valence-electron chi connectivity index (χ2n) is 3.82. The molecule has 0 amide bonds. The molecule has 0 N–H and O–H groups in total. The van der Waals surface area contributed by atoms with Crippen molar-refractivity contribution in [3.05, 3.63) is 12.2 Å². The first-order valence-corrected chi connectivity index (χ1v) is 5.12. The van der Waals surface area contributed by atoms with Crippen molar-refractivity contribution in [2.45, 2.75) is 32.5 Å². The highest BCUT2D eigenvalue weighted by molar-refractivity contribution is 5.89. The minimum atomic E-state index is -0.902. The standard InChI is InChI=1S/C11H14O6/c1-6(2)10(13)15-5-9(12)17-8-4-7(3)16-11(8)14/h7-8H,1,4-5H2,2-3H3. The van der Waals surface area contributed by atoms with Crippen LogP contribution in [0.4, 0.5) is 0 Å². The van der Waals surface area contributed by atoms with Gasteiger partial charge in [-0.1, -0.05) is 6.58 Å². The van der Waals surface area contributed by atoms with Crippen LogP contribution in [0.3, 0.4) is 0 Å². The van der Waals surface area contributed by atoms with Crippen molar-refractivity contribution in [1.29, 1.82) is 0 Å². The van der Waals surface area contributed by atoms with E-state index in [-0.39, 0.29) is 11.7 Å². The third-order valence-corrected chi connectivity index (χ3v) is 2.07. The van der Waals surface area contributed by atoms with Crippen LogP contribution in [-0.4, -0.2) is 36.7 Å². The molecule has 94 valence electrons. The summed E-state index contributed by atoms with van der Waals surface area (Å²) in [6.07, 6.45) is -0.849. The predicted molar refractivity (Wildman–Crippen MR) is 55.8 cm³/mol. The van der Waals surface area contributed by atoms with Gasteiger partial charge in [0.1, 0.15) is 6.10 Å². The molecule has 6 heteroatoms. The van der Waals surface area contributed by atoms with Gasteiger partial charge in [0.15, 0.2) is 6.61 Å². The number of ether oxygens (including phenoxy) is 3. The van der Waals surface area contributed by atoms with Gasteiger partial charge < -0.3 is 14.2 Å². The summed E-state index contributed by atoms with van der Waals surface area (Å²) < 4.78 is 14.2. The minimum Gasteiger partial charge on any atom is -0.460 e. The molecule has 2 unspecified atom stereocenters. The van der Waals surface area contributed by atoms with E-state index >= 15 is 0 Å². The molecule has 0 bridgehead atoms. The molecule has 0 radical (unpaired) electrons. The monoisotopic (exact) mass is 242 g/mol. The molecule has 1 aliphatic rings. The summed E-state index contributed by atoms with van der Waals surface area (Å²) in [5.74, 6) is -2.03. The van der Waals surface area contributed by atoms with Crippen LogP contribution in [0.2, 0.25) is 0 Å². The SMILES string of the molecule is C=C(C)C(=O)OCC(=O)OC1CC(C)OC1=O. The maximum Gasteiger partial charge on any atom is 0.347 e. The Morgan fingerprint density at radius 2 is 2.18 bits per heavy atom. The molecule has 0 aromatic heterocycles. The Kier molecular flexibility index (Phi) is 4.25. The molecular formula is C11H14O6. The van der Waals surface area contributed by atoms with Crippen LogP contribution >= 0.6 is 0 Å². The fourth-order valence-corrected chi connectivity index (χ4v) is 1.26. The number of rotatable bonds is 4. The number of cyclic esters (lactones) is 1. The summed E-state index contributed by atoms with van der Waals surface area (Å²) in [6.45, 7) is 5.98. The van der Waals surface area contributed by atoms with Crippen LogP contribution in [0, 0.1) is 0 Å². The lowest BCUT2D eigenvalue weighted by molar-refractivity contribution is -0.166. The van der Waals surface area contributed by atoms with E-state index in [0.29, 0.717) is 6.42 Å². The van der Waals surface area contributed by atoms with Crippen molar-refractivity contribution >= 4 is 17.9 Å². The third kappa shape index (κ3) is 3.90. The number of carbonyl (C=O) groups is 3. The zero-order valence-electron chi connectivity index (χ0n) is 9.73. The fourth-order valence-electron chi connectivity index (χ4n) is 1.26. The van der Waals surface area contributed by atoms with Crippen LogP contribution in [0.15, 0.2) is 12.2 Å². The number of esters is 3. The molecule has 6 nitrogen and oxygen atoms in total. The Morgan fingerprint density at radius 1 is 1.53 bits per heavy atom. The van der Waals surface area contributed by atoms with Crippen LogP contribution < -0.4 is 0 Å². The lowest BCUT2D eigenvalue weighted by Gasteiger charge is -2.08. The Hall–Kier alpha value is -1.85. The maximum atomic E-state index is 11.2. The van der Waals surface area contributed by atoms with E-state index in [1.165, 1.54) is 6.92 Å². The molecule has 1 heterocycles. The summed E-state index contributed by atoms with van der Waals surface area (Å²) in [5, 5.41) is 0. The van der Waals surface area contributed by atoms with Crippen LogP contribution in [-0.2, 0) is 28.6 Å². The summed E-state index contributed by atoms with van der Waals surface area (Å²) in [6, 6.07) is 0. The Bertz CT molecular complexity index is 359. The van der Waals surface area contributed by atoms with E-state index in [2.05, 4.69) is 11.3 Å². The molecule has 0 spiro atoms. The summed E-state index contributed by atoms with van der Waals surface area (Å²) >= 11 is 0. The molecule has 0 aromatic carbocycles. The lowest BCUT2D eigenvalue weighted by atomic mass is 10.2. The van der Waals surface area contributed by atoms with Gasteiger partial charge in [-0.3, -0.25) is 0 Å². The van der Waals surface area contributed by atoms with Crippen LogP contribution in [0.1, 0.15) is 20.3 Å². The summed E-state index contributed by atoms with van der Waals surface area (Å²) in [4.78, 5) is 33.4. The molecule has 1 aliphatic heterocycles. The fraction of sp³-hybridized carbons (Fsp3) is 0.545. The Labute approximate surface area is 98.5 Å². The molecule has 1 saturated heterocycles. The van der Waals surface area contributed by atoms with Crippen molar-refractivity contribution in [3.63, 3.8) is 0 Å². The van der Waals surface area contributed by atoms with Crippen molar-refractivity contribution in [2.24, 2.45) is 0 Å². The lowest BCUT2D eigenvalue weighted by Crippen LogP contribution is -2.26. The molecule has 0 aliphatic carbocycles. The molecule has 0 saturated carbocycles. The van der Waals surface area contributed by atoms with Crippen molar-refractivity contribution in [3.8, 4) is 0 Å². The zero-order valence-corrected chi connectivity index (χ0v) is 9.73. The van der Waals surface area contributed by atoms with E-state index in [1.807, 2.05) is 0 Å². The van der Waals surface area contributed by atoms with E-state index in [1.54, 1.807) is 6.92 Å². The van der Waals surface area contributed by atoms with Gasteiger partial charge in [-0.25, -0.2) is 14.4 Å². The summed E-state index contributed by atoms with van der Waals surface area (Å²) in [5.41, 5.74) is 0.187. The van der Waals surface area contributed by atoms with E-state index in [4.69, 9.17) is 9.47 Å². The second kappa shape index (κ2) is 5.47. The molecular weight excluding hydrogens is 228 g/mol. The minimum absolute atomic E-state index is 0.187. The van der Waals surface area contributed by atoms with Gasteiger partial charge in [-0.2, -0.15) is 0 Å². The number of carbonyl (C=O) groups excluding carboxylic acids is 3. The highest BCUT2D eigenvalue weighted by atomic mass is 16.6. The Balaban J connectivity index is 2.33. The zero-order chi connectivity index (χ0) is 13.0. The van der Waals surface area contributed by atoms with Gasteiger partial charge in [-0.15, -0.1) is 0 Å². The van der Waals surface area contributed by atoms with E-state index in [0.717, 1.165) is 0 Å². The summed E-state index contributed by atoms with van der Waals surface area (Å²) in [7, 11) is 0. The molecule has 2 atom stereocenters. The normalized spacial score (nSPS) is 22.8. The maximum absolute atomic E-state index is 11.2. The number of hydrogen-bond donors (Lipinski definition) is 0. The van der Waals surface area contributed by atoms with Crippen LogP contribution in [0.25, 0.3) is 0 Å². The van der Waals surface area contributed by atoms with Crippen LogP contribution in [0.5, 0.6) is 0 Å². The van der Waals surface area contributed by atoms with Gasteiger partial charge in [0, 0.05) is 12.0 Å². The average Bonchev–Trinajstić information content (AvgIpc) is 2.53. The highest BCUT2D eigenvalue weighted by Gasteiger charge is 2.35. The second-order valence-corrected chi connectivity index (χ2v) is 3.82. The molecule has 1 rings (SSSR count). The van der Waals surface area contributed by atoms with Gasteiger partial charge in [0.05, 0.1) is 0 Å². The number of hydrogen-bond acceptors (Lipinski definition) is 6. The topological polar surface area (TPSA) is 78.9 Å². The smallest absolute Gasteiger partial charge is 0.347 e. The van der Waals surface area contributed by atoms with E-state index in [9.17, 15) is 14.4 Å².